The third kappa shape index (κ3) is 6.20. The lowest BCUT2D eigenvalue weighted by atomic mass is 10.1. The van der Waals surface area contributed by atoms with Gasteiger partial charge in [-0.25, -0.2) is 19.2 Å². The molecule has 0 aliphatic heterocycles. The molecule has 2 heterocycles. The fourth-order valence-electron chi connectivity index (χ4n) is 3.99. The van der Waals surface area contributed by atoms with Gasteiger partial charge < -0.3 is 25.8 Å². The van der Waals surface area contributed by atoms with Crippen LogP contribution < -0.4 is 21.3 Å². The Balaban J connectivity index is 1.79. The van der Waals surface area contributed by atoms with Crippen LogP contribution in [0.5, 0.6) is 0 Å². The zero-order valence-electron chi connectivity index (χ0n) is 22.9. The number of hydrogen-bond donors (Lipinski definition) is 3. The zero-order chi connectivity index (χ0) is 29.0. The Bertz CT molecular complexity index is 1450. The lowest BCUT2D eigenvalue weighted by Crippen LogP contribution is -2.33. The van der Waals surface area contributed by atoms with E-state index in [0.29, 0.717) is 40.0 Å². The van der Waals surface area contributed by atoms with Gasteiger partial charge in [0.15, 0.2) is 5.82 Å². The van der Waals surface area contributed by atoms with Crippen molar-refractivity contribution in [1.29, 1.82) is 0 Å². The molecule has 1 saturated carbocycles. The average Bonchev–Trinajstić information content (AvgIpc) is 3.68. The molecular weight excluding hydrogens is 518 g/mol. The van der Waals surface area contributed by atoms with Crippen LogP contribution in [0.15, 0.2) is 30.7 Å². The second-order valence-electron chi connectivity index (χ2n) is 9.67. The highest BCUT2D eigenvalue weighted by Crippen LogP contribution is 2.34. The van der Waals surface area contributed by atoms with Crippen LogP contribution in [0.25, 0.3) is 5.52 Å². The topological polar surface area (TPSA) is 170 Å². The predicted molar refractivity (Wildman–Crippen MR) is 145 cm³/mol. The van der Waals surface area contributed by atoms with Crippen LogP contribution in [-0.2, 0) is 14.3 Å². The normalized spacial score (nSPS) is 13.4. The number of amides is 3. The largest absolute Gasteiger partial charge is 0.427 e. The number of benzene rings is 1. The fourth-order valence-corrected chi connectivity index (χ4v) is 3.99. The van der Waals surface area contributed by atoms with Crippen LogP contribution in [0.2, 0.25) is 0 Å². The summed E-state index contributed by atoms with van der Waals surface area (Å²) in [5.41, 5.74) is 8.07. The number of hydrogen-bond acceptors (Lipinski definition) is 9. The summed E-state index contributed by atoms with van der Waals surface area (Å²) in [7, 11) is 0. The number of nitrogens with one attached hydrogen (secondary N) is 2. The van der Waals surface area contributed by atoms with Gasteiger partial charge in [0.2, 0.25) is 6.79 Å². The molecule has 0 saturated heterocycles. The van der Waals surface area contributed by atoms with Gasteiger partial charge in [0.05, 0.1) is 11.3 Å². The molecule has 1 unspecified atom stereocenters. The van der Waals surface area contributed by atoms with E-state index in [9.17, 15) is 19.2 Å². The highest BCUT2D eigenvalue weighted by molar-refractivity contribution is 6.05. The summed E-state index contributed by atoms with van der Waals surface area (Å²) in [4.78, 5) is 56.6. The third-order valence-corrected chi connectivity index (χ3v) is 6.36. The van der Waals surface area contributed by atoms with E-state index < -0.39 is 24.9 Å². The van der Waals surface area contributed by atoms with E-state index in [1.165, 1.54) is 22.7 Å². The Labute approximate surface area is 231 Å². The molecule has 0 spiro atoms. The Hall–Kier alpha value is -4.52. The lowest BCUT2D eigenvalue weighted by molar-refractivity contribution is -0.152. The van der Waals surface area contributed by atoms with Gasteiger partial charge >= 0.3 is 12.1 Å². The minimum atomic E-state index is -0.932. The van der Waals surface area contributed by atoms with Gasteiger partial charge in [0.25, 0.3) is 11.8 Å². The Morgan fingerprint density at radius 2 is 1.93 bits per heavy atom. The van der Waals surface area contributed by atoms with Crippen LogP contribution in [0.1, 0.15) is 65.0 Å². The summed E-state index contributed by atoms with van der Waals surface area (Å²) in [6, 6.07) is 4.17. The number of anilines is 2. The summed E-state index contributed by atoms with van der Waals surface area (Å²) >= 11 is 0. The summed E-state index contributed by atoms with van der Waals surface area (Å²) in [6.07, 6.45) is 4.47. The minimum absolute atomic E-state index is 0.105. The smallest absolute Gasteiger partial charge is 0.423 e. The first-order chi connectivity index (χ1) is 19.1. The number of fused-ring (bicyclic) bond motifs is 1. The molecule has 3 amide bonds. The fraction of sp³-hybridized carbons (Fsp3) is 0.407. The van der Waals surface area contributed by atoms with Crippen molar-refractivity contribution in [1.82, 2.24) is 25.2 Å². The van der Waals surface area contributed by atoms with Crippen molar-refractivity contribution in [3.8, 4) is 0 Å². The van der Waals surface area contributed by atoms with E-state index >= 15 is 0 Å². The van der Waals surface area contributed by atoms with Crippen molar-refractivity contribution < 1.29 is 28.7 Å². The van der Waals surface area contributed by atoms with Crippen molar-refractivity contribution in [3.63, 3.8) is 0 Å². The SMILES string of the molecule is CCCNC(=O)c1cn2ncnc(N(C(=O)OCOC(=O)C(C)N)c3cc(C(=O)NC4CC4)ccc3C)c2c1C. The number of carbonyl (C=O) groups excluding carboxylic acids is 4. The molecule has 1 aromatic carbocycles. The molecule has 1 aliphatic rings. The van der Waals surface area contributed by atoms with Crippen molar-refractivity contribution in [2.45, 2.75) is 59.0 Å². The van der Waals surface area contributed by atoms with Gasteiger partial charge in [-0.1, -0.05) is 13.0 Å². The molecule has 2 aromatic heterocycles. The molecule has 3 aromatic rings. The van der Waals surface area contributed by atoms with Crippen LogP contribution in [-0.4, -0.2) is 63.9 Å². The standard InChI is InChI=1S/C27H33N7O6/c1-5-10-29-25(36)20-12-33-22(16(20)3)23(30-13-31-33)34(27(38)40-14-39-26(37)17(4)28)21-11-18(7-6-15(21)2)24(35)32-19-8-9-19/h6-7,11-13,17,19H,5,8-10,14,28H2,1-4H3,(H,29,36)(H,32,35). The van der Waals surface area contributed by atoms with E-state index in [2.05, 4.69) is 20.7 Å². The first-order valence-electron chi connectivity index (χ1n) is 13.0. The van der Waals surface area contributed by atoms with Crippen LogP contribution in [0.3, 0.4) is 0 Å². The molecule has 0 bridgehead atoms. The number of nitrogens with zero attached hydrogens (tertiary/aromatic N) is 4. The quantitative estimate of drug-likeness (QED) is 0.253. The second kappa shape index (κ2) is 12.1. The van der Waals surface area contributed by atoms with Gasteiger partial charge in [-0.3, -0.25) is 14.4 Å². The van der Waals surface area contributed by atoms with Crippen LogP contribution in [0, 0.1) is 13.8 Å². The second-order valence-corrected chi connectivity index (χ2v) is 9.67. The Kier molecular flexibility index (Phi) is 8.63. The summed E-state index contributed by atoms with van der Waals surface area (Å²) in [5, 5.41) is 10.0. The maximum Gasteiger partial charge on any atom is 0.423 e. The molecule has 13 heteroatoms. The van der Waals surface area contributed by atoms with Gasteiger partial charge in [-0.15, -0.1) is 0 Å². The number of ether oxygens (including phenoxy) is 2. The average molecular weight is 552 g/mol. The molecular formula is C27H33N7O6. The van der Waals surface area contributed by atoms with E-state index in [1.54, 1.807) is 38.2 Å². The summed E-state index contributed by atoms with van der Waals surface area (Å²) in [5.74, 6) is -1.20. The van der Waals surface area contributed by atoms with E-state index in [-0.39, 0.29) is 23.7 Å². The van der Waals surface area contributed by atoms with Crippen molar-refractivity contribution in [3.05, 3.63) is 53.0 Å². The molecule has 4 rings (SSSR count). The van der Waals surface area contributed by atoms with E-state index in [0.717, 1.165) is 19.3 Å². The molecule has 1 aliphatic carbocycles. The van der Waals surface area contributed by atoms with Crippen molar-refractivity contribution >= 4 is 40.9 Å². The molecule has 1 atom stereocenters. The Morgan fingerprint density at radius 1 is 1.18 bits per heavy atom. The third-order valence-electron chi connectivity index (χ3n) is 6.36. The molecule has 13 nitrogen and oxygen atoms in total. The molecule has 40 heavy (non-hydrogen) atoms. The number of rotatable bonds is 10. The number of nitrogens with two attached hydrogens (primary N) is 1. The monoisotopic (exact) mass is 551 g/mol. The maximum atomic E-state index is 13.6. The van der Waals surface area contributed by atoms with Gasteiger partial charge in [0.1, 0.15) is 17.9 Å². The van der Waals surface area contributed by atoms with E-state index in [4.69, 9.17) is 15.2 Å². The first-order valence-corrected chi connectivity index (χ1v) is 13.0. The number of carbonyl (C=O) groups is 4. The van der Waals surface area contributed by atoms with Crippen LogP contribution >= 0.6 is 0 Å². The predicted octanol–water partition coefficient (Wildman–Crippen LogP) is 2.50. The minimum Gasteiger partial charge on any atom is -0.427 e. The van der Waals surface area contributed by atoms with Crippen molar-refractivity contribution in [2.24, 2.45) is 5.73 Å². The summed E-state index contributed by atoms with van der Waals surface area (Å²) < 4.78 is 11.7. The molecule has 4 N–H and O–H groups in total. The first kappa shape index (κ1) is 28.5. The van der Waals surface area contributed by atoms with Gasteiger partial charge in [-0.2, -0.15) is 5.10 Å². The number of aryl methyl sites for hydroxylation is 2. The Morgan fingerprint density at radius 3 is 2.60 bits per heavy atom. The maximum absolute atomic E-state index is 13.6. The molecule has 212 valence electrons. The van der Waals surface area contributed by atoms with Gasteiger partial charge in [-0.05, 0) is 63.3 Å². The van der Waals surface area contributed by atoms with E-state index in [1.807, 2.05) is 6.92 Å². The highest BCUT2D eigenvalue weighted by Gasteiger charge is 2.30. The molecule has 0 radical (unpaired) electrons. The highest BCUT2D eigenvalue weighted by atomic mass is 16.7. The van der Waals surface area contributed by atoms with Crippen molar-refractivity contribution in [2.75, 3.05) is 18.2 Å². The number of esters is 1. The van der Waals surface area contributed by atoms with Crippen LogP contribution in [0.4, 0.5) is 16.3 Å². The lowest BCUT2D eigenvalue weighted by Gasteiger charge is -2.24. The summed E-state index contributed by atoms with van der Waals surface area (Å²) in [6.45, 7) is 6.69. The molecule has 1 fully saturated rings. The van der Waals surface area contributed by atoms with Gasteiger partial charge in [0, 0.05) is 24.3 Å². The zero-order valence-corrected chi connectivity index (χ0v) is 22.9. The number of aromatic nitrogens is 3.